The van der Waals surface area contributed by atoms with Crippen LogP contribution in [0.4, 0.5) is 11.6 Å². The van der Waals surface area contributed by atoms with Crippen molar-refractivity contribution in [2.75, 3.05) is 17.2 Å². The molecule has 4 N–H and O–H groups in total. The van der Waals surface area contributed by atoms with E-state index < -0.39 is 0 Å². The zero-order valence-electron chi connectivity index (χ0n) is 11.0. The van der Waals surface area contributed by atoms with Crippen LogP contribution < -0.4 is 16.4 Å². The van der Waals surface area contributed by atoms with Gasteiger partial charge in [-0.05, 0) is 19.8 Å². The fourth-order valence-electron chi connectivity index (χ4n) is 2.28. The van der Waals surface area contributed by atoms with Crippen molar-refractivity contribution < 1.29 is 0 Å². The Kier molecular flexibility index (Phi) is 4.75. The zero-order valence-corrected chi connectivity index (χ0v) is 11.0. The molecule has 0 radical (unpaired) electrons. The van der Waals surface area contributed by atoms with E-state index in [1.807, 2.05) is 13.0 Å². The van der Waals surface area contributed by atoms with Gasteiger partial charge in [-0.15, -0.1) is 0 Å². The van der Waals surface area contributed by atoms with Crippen molar-refractivity contribution in [1.29, 1.82) is 0 Å². The van der Waals surface area contributed by atoms with Crippen LogP contribution in [0.5, 0.6) is 0 Å². The second-order valence-electron chi connectivity index (χ2n) is 5.05. The third-order valence-electron chi connectivity index (χ3n) is 3.37. The summed E-state index contributed by atoms with van der Waals surface area (Å²) in [6.07, 6.45) is 8.08. The van der Waals surface area contributed by atoms with Crippen molar-refractivity contribution in [1.82, 2.24) is 9.97 Å². The maximum absolute atomic E-state index is 5.59. The lowest BCUT2D eigenvalue weighted by Crippen LogP contribution is -2.26. The number of hydrogen-bond acceptors (Lipinski definition) is 5. The minimum absolute atomic E-state index is 0.224. The molecule has 1 aliphatic rings. The lowest BCUT2D eigenvalue weighted by atomic mass is 9.95. The molecule has 0 bridgehead atoms. The first-order valence-corrected chi connectivity index (χ1v) is 6.83. The van der Waals surface area contributed by atoms with Gasteiger partial charge < -0.3 is 16.4 Å². The molecule has 1 unspecified atom stereocenters. The fraction of sp³-hybridized carbons (Fsp3) is 0.692. The van der Waals surface area contributed by atoms with Crippen LogP contribution in [0, 0.1) is 0 Å². The zero-order chi connectivity index (χ0) is 12.8. The van der Waals surface area contributed by atoms with Gasteiger partial charge in [0.2, 0.25) is 0 Å². The summed E-state index contributed by atoms with van der Waals surface area (Å²) >= 11 is 0. The summed E-state index contributed by atoms with van der Waals surface area (Å²) in [5, 5.41) is 6.74. The number of nitrogens with two attached hydrogens (primary N) is 1. The number of hydrogen-bond donors (Lipinski definition) is 3. The van der Waals surface area contributed by atoms with E-state index in [1.165, 1.54) is 32.1 Å². The van der Waals surface area contributed by atoms with E-state index >= 15 is 0 Å². The first-order valence-electron chi connectivity index (χ1n) is 6.83. The third-order valence-corrected chi connectivity index (χ3v) is 3.37. The molecule has 2 rings (SSSR count). The maximum Gasteiger partial charge on any atom is 0.131 e. The van der Waals surface area contributed by atoms with E-state index in [9.17, 15) is 0 Å². The molecule has 1 atom stereocenters. The van der Waals surface area contributed by atoms with Crippen LogP contribution in [0.1, 0.15) is 39.0 Å². The second kappa shape index (κ2) is 6.54. The van der Waals surface area contributed by atoms with E-state index in [1.54, 1.807) is 6.33 Å². The molecule has 0 aromatic carbocycles. The highest BCUT2D eigenvalue weighted by Gasteiger charge is 2.13. The van der Waals surface area contributed by atoms with Crippen molar-refractivity contribution >= 4 is 11.6 Å². The van der Waals surface area contributed by atoms with Gasteiger partial charge in [0.15, 0.2) is 0 Å². The quantitative estimate of drug-likeness (QED) is 0.744. The molecule has 0 aliphatic heterocycles. The van der Waals surface area contributed by atoms with Crippen molar-refractivity contribution in [2.24, 2.45) is 5.73 Å². The number of aromatic nitrogens is 2. The molecule has 18 heavy (non-hydrogen) atoms. The number of nitrogens with one attached hydrogen (secondary N) is 2. The molecule has 0 spiro atoms. The summed E-state index contributed by atoms with van der Waals surface area (Å²) in [6, 6.07) is 2.75. The standard InChI is InChI=1S/C13H23N5/c1-10(8-14)17-12-7-13(16-9-15-12)18-11-5-3-2-4-6-11/h7,9-11H,2-6,8,14H2,1H3,(H2,15,16,17,18). The van der Waals surface area contributed by atoms with E-state index in [0.29, 0.717) is 12.6 Å². The highest BCUT2D eigenvalue weighted by molar-refractivity contribution is 5.47. The molecule has 0 saturated heterocycles. The van der Waals surface area contributed by atoms with E-state index in [-0.39, 0.29) is 6.04 Å². The Bertz CT molecular complexity index is 362. The van der Waals surface area contributed by atoms with Crippen LogP contribution in [-0.4, -0.2) is 28.6 Å². The van der Waals surface area contributed by atoms with Crippen LogP contribution in [-0.2, 0) is 0 Å². The van der Waals surface area contributed by atoms with E-state index in [0.717, 1.165) is 11.6 Å². The summed E-state index contributed by atoms with van der Waals surface area (Å²) in [5.41, 5.74) is 5.59. The predicted molar refractivity (Wildman–Crippen MR) is 74.7 cm³/mol. The molecule has 0 amide bonds. The van der Waals surface area contributed by atoms with Gasteiger partial charge in [0.1, 0.15) is 18.0 Å². The molecular formula is C13H23N5. The van der Waals surface area contributed by atoms with Gasteiger partial charge in [0.25, 0.3) is 0 Å². The molecule has 100 valence electrons. The molecule has 1 fully saturated rings. The first kappa shape index (κ1) is 13.1. The minimum atomic E-state index is 0.224. The Balaban J connectivity index is 1.93. The highest BCUT2D eigenvalue weighted by atomic mass is 15.1. The summed E-state index contributed by atoms with van der Waals surface area (Å²) < 4.78 is 0. The van der Waals surface area contributed by atoms with Gasteiger partial charge in [-0.2, -0.15) is 0 Å². The fourth-order valence-corrected chi connectivity index (χ4v) is 2.28. The Labute approximate surface area is 109 Å². The summed E-state index contributed by atoms with van der Waals surface area (Å²) in [6.45, 7) is 2.63. The smallest absolute Gasteiger partial charge is 0.131 e. The lowest BCUT2D eigenvalue weighted by Gasteiger charge is -2.23. The first-order chi connectivity index (χ1) is 8.78. The molecule has 1 aromatic rings. The third kappa shape index (κ3) is 3.84. The molecule has 5 nitrogen and oxygen atoms in total. The number of rotatable bonds is 5. The lowest BCUT2D eigenvalue weighted by molar-refractivity contribution is 0.462. The molecule has 5 heteroatoms. The molecular weight excluding hydrogens is 226 g/mol. The Hall–Kier alpha value is -1.36. The minimum Gasteiger partial charge on any atom is -0.367 e. The number of nitrogens with zero attached hydrogens (tertiary/aromatic N) is 2. The Morgan fingerprint density at radius 3 is 2.72 bits per heavy atom. The summed E-state index contributed by atoms with van der Waals surface area (Å²) in [7, 11) is 0. The van der Waals surface area contributed by atoms with Gasteiger partial charge in [-0.25, -0.2) is 9.97 Å². The summed E-state index contributed by atoms with van der Waals surface area (Å²) in [4.78, 5) is 8.48. The van der Waals surface area contributed by atoms with Crippen molar-refractivity contribution in [3.8, 4) is 0 Å². The molecule has 1 aliphatic carbocycles. The van der Waals surface area contributed by atoms with Gasteiger partial charge in [-0.1, -0.05) is 19.3 Å². The van der Waals surface area contributed by atoms with Crippen molar-refractivity contribution in [3.05, 3.63) is 12.4 Å². The molecule has 1 heterocycles. The summed E-state index contributed by atoms with van der Waals surface area (Å²) in [5.74, 6) is 1.74. The second-order valence-corrected chi connectivity index (χ2v) is 5.05. The van der Waals surface area contributed by atoms with Gasteiger partial charge >= 0.3 is 0 Å². The normalized spacial score (nSPS) is 18.3. The number of anilines is 2. The van der Waals surface area contributed by atoms with Crippen LogP contribution >= 0.6 is 0 Å². The van der Waals surface area contributed by atoms with Crippen molar-refractivity contribution in [2.45, 2.75) is 51.1 Å². The SMILES string of the molecule is CC(CN)Nc1cc(NC2CCCCC2)ncn1. The maximum atomic E-state index is 5.59. The van der Waals surface area contributed by atoms with E-state index in [4.69, 9.17) is 5.73 Å². The van der Waals surface area contributed by atoms with Gasteiger partial charge in [0, 0.05) is 24.7 Å². The van der Waals surface area contributed by atoms with E-state index in [2.05, 4.69) is 20.6 Å². The van der Waals surface area contributed by atoms with Gasteiger partial charge in [-0.3, -0.25) is 0 Å². The highest BCUT2D eigenvalue weighted by Crippen LogP contribution is 2.21. The van der Waals surface area contributed by atoms with Crippen molar-refractivity contribution in [3.63, 3.8) is 0 Å². The topological polar surface area (TPSA) is 75.9 Å². The largest absolute Gasteiger partial charge is 0.367 e. The Morgan fingerprint density at radius 2 is 2.00 bits per heavy atom. The van der Waals surface area contributed by atoms with Crippen LogP contribution in [0.25, 0.3) is 0 Å². The molecule has 1 aromatic heterocycles. The van der Waals surface area contributed by atoms with Crippen LogP contribution in [0.3, 0.4) is 0 Å². The average molecular weight is 249 g/mol. The Morgan fingerprint density at radius 1 is 1.28 bits per heavy atom. The van der Waals surface area contributed by atoms with Crippen LogP contribution in [0.15, 0.2) is 12.4 Å². The van der Waals surface area contributed by atoms with Gasteiger partial charge in [0.05, 0.1) is 0 Å². The molecule has 1 saturated carbocycles. The average Bonchev–Trinajstić information content (AvgIpc) is 2.40. The van der Waals surface area contributed by atoms with Crippen LogP contribution in [0.2, 0.25) is 0 Å². The predicted octanol–water partition coefficient (Wildman–Crippen LogP) is 1.98. The monoisotopic (exact) mass is 249 g/mol.